The molecule has 4 aromatic rings. The average molecular weight is 395 g/mol. The first-order valence-electron chi connectivity index (χ1n) is 8.90. The second-order valence-corrected chi connectivity index (χ2v) is 7.44. The molecule has 0 aliphatic rings. The van der Waals surface area contributed by atoms with Crippen molar-refractivity contribution in [3.63, 3.8) is 0 Å². The Morgan fingerprint density at radius 2 is 1.71 bits per heavy atom. The zero-order chi connectivity index (χ0) is 19.5. The van der Waals surface area contributed by atoms with Crippen LogP contribution in [0.5, 0.6) is 0 Å². The van der Waals surface area contributed by atoms with E-state index in [9.17, 15) is 4.39 Å². The van der Waals surface area contributed by atoms with Gasteiger partial charge in [0.1, 0.15) is 5.82 Å². The summed E-state index contributed by atoms with van der Waals surface area (Å²) < 4.78 is 20.9. The van der Waals surface area contributed by atoms with Crippen LogP contribution in [0.4, 0.5) is 4.39 Å². The fourth-order valence-electron chi connectivity index (χ4n) is 2.78. The second-order valence-electron chi connectivity index (χ2n) is 6.13. The highest BCUT2D eigenvalue weighted by Crippen LogP contribution is 2.35. The molecule has 0 aliphatic carbocycles. The number of rotatable bonds is 6. The Bertz CT molecular complexity index is 1060. The molecule has 0 saturated heterocycles. The smallest absolute Gasteiger partial charge is 0.247 e. The highest BCUT2D eigenvalue weighted by molar-refractivity contribution is 7.99. The van der Waals surface area contributed by atoms with Crippen molar-refractivity contribution in [2.75, 3.05) is 0 Å². The number of halogens is 1. The van der Waals surface area contributed by atoms with Crippen LogP contribution in [0.2, 0.25) is 0 Å². The zero-order valence-corrected chi connectivity index (χ0v) is 16.2. The number of nitrogens with zero attached hydrogens (tertiary/aromatic N) is 5. The van der Waals surface area contributed by atoms with Crippen molar-refractivity contribution >= 4 is 11.8 Å². The van der Waals surface area contributed by atoms with Crippen LogP contribution >= 0.6 is 11.8 Å². The maximum atomic E-state index is 13.1. The van der Waals surface area contributed by atoms with Crippen molar-refractivity contribution in [3.8, 4) is 22.8 Å². The molecule has 2 aromatic heterocycles. The number of hydrogen-bond acceptors (Lipinski definition) is 6. The van der Waals surface area contributed by atoms with Gasteiger partial charge in [0.15, 0.2) is 11.0 Å². The fraction of sp³-hybridized carbons (Fsp3) is 0.200. The summed E-state index contributed by atoms with van der Waals surface area (Å²) in [7, 11) is 0. The van der Waals surface area contributed by atoms with Crippen molar-refractivity contribution < 1.29 is 8.81 Å². The molecule has 2 aromatic carbocycles. The first kappa shape index (κ1) is 18.4. The van der Waals surface area contributed by atoms with Crippen LogP contribution < -0.4 is 0 Å². The normalized spacial score (nSPS) is 12.2. The van der Waals surface area contributed by atoms with Crippen LogP contribution in [-0.2, 0) is 6.54 Å². The number of thioether (sulfide) groups is 1. The van der Waals surface area contributed by atoms with Crippen molar-refractivity contribution in [3.05, 3.63) is 66.3 Å². The number of benzene rings is 2. The minimum absolute atomic E-state index is 0.111. The van der Waals surface area contributed by atoms with E-state index in [1.807, 2.05) is 37.3 Å². The Balaban J connectivity index is 1.55. The van der Waals surface area contributed by atoms with Crippen LogP contribution in [0.25, 0.3) is 22.8 Å². The molecule has 6 nitrogen and oxygen atoms in total. The monoisotopic (exact) mass is 395 g/mol. The van der Waals surface area contributed by atoms with E-state index in [1.54, 1.807) is 12.1 Å². The third-order valence-corrected chi connectivity index (χ3v) is 5.29. The highest BCUT2D eigenvalue weighted by Gasteiger charge is 2.21. The van der Waals surface area contributed by atoms with Crippen LogP contribution in [0.15, 0.2) is 64.2 Å². The van der Waals surface area contributed by atoms with Crippen LogP contribution in [0, 0.1) is 5.82 Å². The Labute approximate surface area is 165 Å². The molecule has 0 radical (unpaired) electrons. The molecule has 0 aliphatic heterocycles. The molecule has 0 spiro atoms. The van der Waals surface area contributed by atoms with Gasteiger partial charge < -0.3 is 8.98 Å². The third kappa shape index (κ3) is 3.68. The molecule has 28 heavy (non-hydrogen) atoms. The molecule has 8 heteroatoms. The molecule has 4 rings (SSSR count). The lowest BCUT2D eigenvalue weighted by Crippen LogP contribution is -2.01. The zero-order valence-electron chi connectivity index (χ0n) is 15.4. The van der Waals surface area contributed by atoms with Crippen molar-refractivity contribution in [2.24, 2.45) is 0 Å². The number of aromatic nitrogens is 5. The predicted octanol–water partition coefficient (Wildman–Crippen LogP) is 5.01. The maximum Gasteiger partial charge on any atom is 0.247 e. The van der Waals surface area contributed by atoms with Gasteiger partial charge in [-0.05, 0) is 38.1 Å². The summed E-state index contributed by atoms with van der Waals surface area (Å²) in [5, 5.41) is 17.6. The molecular weight excluding hydrogens is 377 g/mol. The summed E-state index contributed by atoms with van der Waals surface area (Å²) >= 11 is 1.51. The second kappa shape index (κ2) is 7.93. The van der Waals surface area contributed by atoms with E-state index < -0.39 is 0 Å². The van der Waals surface area contributed by atoms with E-state index in [1.165, 1.54) is 23.9 Å². The molecule has 0 saturated carbocycles. The van der Waals surface area contributed by atoms with Gasteiger partial charge in [0.2, 0.25) is 11.8 Å². The lowest BCUT2D eigenvalue weighted by Gasteiger charge is -2.09. The fourth-order valence-corrected chi connectivity index (χ4v) is 3.72. The third-order valence-electron chi connectivity index (χ3n) is 4.23. The first-order chi connectivity index (χ1) is 13.7. The van der Waals surface area contributed by atoms with Gasteiger partial charge in [-0.3, -0.25) is 0 Å². The van der Waals surface area contributed by atoms with Gasteiger partial charge in [-0.2, -0.15) is 0 Å². The number of hydrogen-bond donors (Lipinski definition) is 0. The standard InChI is InChI=1S/C20H18FN5OS/c1-3-26-17(14-7-5-4-6-8-14)22-25-20(26)28-13(2)18-23-24-19(27-18)15-9-11-16(21)12-10-15/h4-13H,3H2,1-2H3/t13-/m1/s1. The summed E-state index contributed by atoms with van der Waals surface area (Å²) in [4.78, 5) is 0. The van der Waals surface area contributed by atoms with Gasteiger partial charge in [-0.1, -0.05) is 42.1 Å². The van der Waals surface area contributed by atoms with Gasteiger partial charge in [-0.15, -0.1) is 20.4 Å². The minimum Gasteiger partial charge on any atom is -0.419 e. The maximum absolute atomic E-state index is 13.1. The molecule has 0 amide bonds. The first-order valence-corrected chi connectivity index (χ1v) is 9.78. The Kier molecular flexibility index (Phi) is 5.21. The molecule has 0 bridgehead atoms. The summed E-state index contributed by atoms with van der Waals surface area (Å²) in [6.07, 6.45) is 0. The average Bonchev–Trinajstić information content (AvgIpc) is 3.36. The van der Waals surface area contributed by atoms with E-state index in [2.05, 4.69) is 31.9 Å². The minimum atomic E-state index is -0.305. The molecule has 0 fully saturated rings. The quantitative estimate of drug-likeness (QED) is 0.428. The largest absolute Gasteiger partial charge is 0.419 e. The summed E-state index contributed by atoms with van der Waals surface area (Å²) in [5.41, 5.74) is 1.70. The van der Waals surface area contributed by atoms with E-state index in [0.717, 1.165) is 23.1 Å². The lowest BCUT2D eigenvalue weighted by molar-refractivity contribution is 0.508. The predicted molar refractivity (Wildman–Crippen MR) is 105 cm³/mol. The van der Waals surface area contributed by atoms with Crippen LogP contribution in [-0.4, -0.2) is 25.0 Å². The summed E-state index contributed by atoms with van der Waals surface area (Å²) in [6.45, 7) is 4.78. The van der Waals surface area contributed by atoms with Crippen LogP contribution in [0.1, 0.15) is 25.0 Å². The Morgan fingerprint density at radius 3 is 2.43 bits per heavy atom. The van der Waals surface area contributed by atoms with Crippen molar-refractivity contribution in [1.29, 1.82) is 0 Å². The molecular formula is C20H18FN5OS. The highest BCUT2D eigenvalue weighted by atomic mass is 32.2. The van der Waals surface area contributed by atoms with Gasteiger partial charge in [0.25, 0.3) is 0 Å². The summed E-state index contributed by atoms with van der Waals surface area (Å²) in [6, 6.07) is 15.9. The van der Waals surface area contributed by atoms with Crippen LogP contribution in [0.3, 0.4) is 0 Å². The topological polar surface area (TPSA) is 69.6 Å². The molecule has 1 atom stereocenters. The van der Waals surface area contributed by atoms with E-state index in [4.69, 9.17) is 4.42 Å². The van der Waals surface area contributed by atoms with E-state index >= 15 is 0 Å². The molecule has 0 N–H and O–H groups in total. The van der Waals surface area contributed by atoms with Gasteiger partial charge in [0.05, 0.1) is 5.25 Å². The van der Waals surface area contributed by atoms with Gasteiger partial charge >= 0.3 is 0 Å². The van der Waals surface area contributed by atoms with E-state index in [0.29, 0.717) is 17.3 Å². The Morgan fingerprint density at radius 1 is 0.964 bits per heavy atom. The van der Waals surface area contributed by atoms with E-state index in [-0.39, 0.29) is 11.1 Å². The van der Waals surface area contributed by atoms with Gasteiger partial charge in [0, 0.05) is 17.7 Å². The molecule has 142 valence electrons. The SMILES string of the molecule is CCn1c(S[C@H](C)c2nnc(-c3ccc(F)cc3)o2)nnc1-c1ccccc1. The van der Waals surface area contributed by atoms with Gasteiger partial charge in [-0.25, -0.2) is 4.39 Å². The molecule has 0 unspecified atom stereocenters. The summed E-state index contributed by atoms with van der Waals surface area (Å²) in [5.74, 6) is 1.37. The molecule has 2 heterocycles. The van der Waals surface area contributed by atoms with Crippen molar-refractivity contribution in [2.45, 2.75) is 30.8 Å². The van der Waals surface area contributed by atoms with Crippen molar-refractivity contribution in [1.82, 2.24) is 25.0 Å². The lowest BCUT2D eigenvalue weighted by atomic mass is 10.2. The Hall–Kier alpha value is -3.00.